The molecule has 1 aromatic heterocycles. The van der Waals surface area contributed by atoms with E-state index in [1.54, 1.807) is 0 Å². The number of hydrogen-bond acceptors (Lipinski definition) is 4. The highest BCUT2D eigenvalue weighted by Crippen LogP contribution is 2.25. The van der Waals surface area contributed by atoms with Crippen molar-refractivity contribution in [2.45, 2.75) is 58.2 Å². The Morgan fingerprint density at radius 2 is 1.96 bits per heavy atom. The fraction of sp³-hybridized carbons (Fsp3) is 0.526. The first-order valence-corrected chi connectivity index (χ1v) is 9.08. The maximum Gasteiger partial charge on any atom is 0.237 e. The molecule has 1 aliphatic rings. The first-order valence-electron chi connectivity index (χ1n) is 9.08. The summed E-state index contributed by atoms with van der Waals surface area (Å²) < 4.78 is 0. The fourth-order valence-corrected chi connectivity index (χ4v) is 3.69. The minimum absolute atomic E-state index is 0.0865. The van der Waals surface area contributed by atoms with E-state index in [0.29, 0.717) is 30.9 Å². The molecule has 25 heavy (non-hydrogen) atoms. The lowest BCUT2D eigenvalue weighted by Gasteiger charge is -2.31. The molecule has 1 saturated heterocycles. The highest BCUT2D eigenvalue weighted by atomic mass is 16.2. The molecule has 0 radical (unpaired) electrons. The van der Waals surface area contributed by atoms with Crippen molar-refractivity contribution in [3.05, 3.63) is 36.2 Å². The molecule has 6 nitrogen and oxygen atoms in total. The van der Waals surface area contributed by atoms with E-state index in [1.165, 1.54) is 12.8 Å². The van der Waals surface area contributed by atoms with Crippen LogP contribution in [0.3, 0.4) is 0 Å². The highest BCUT2D eigenvalue weighted by Gasteiger charge is 2.34. The summed E-state index contributed by atoms with van der Waals surface area (Å²) in [5.41, 5.74) is 0.986. The van der Waals surface area contributed by atoms with Crippen molar-refractivity contribution in [1.29, 1.82) is 0 Å². The second-order valence-corrected chi connectivity index (χ2v) is 6.91. The maximum absolute atomic E-state index is 12.4. The van der Waals surface area contributed by atoms with Gasteiger partial charge in [-0.1, -0.05) is 30.3 Å². The fourth-order valence-electron chi connectivity index (χ4n) is 3.69. The van der Waals surface area contributed by atoms with Crippen LogP contribution in [-0.4, -0.2) is 50.7 Å². The summed E-state index contributed by atoms with van der Waals surface area (Å²) in [4.78, 5) is 19.3. The van der Waals surface area contributed by atoms with E-state index in [2.05, 4.69) is 39.2 Å². The zero-order valence-corrected chi connectivity index (χ0v) is 15.2. The van der Waals surface area contributed by atoms with Crippen molar-refractivity contribution < 1.29 is 4.79 Å². The Balaban J connectivity index is 1.50. The second-order valence-electron chi connectivity index (χ2n) is 6.91. The minimum Gasteiger partial charge on any atom is -0.354 e. The summed E-state index contributed by atoms with van der Waals surface area (Å²) in [7, 11) is 0. The molecule has 1 fully saturated rings. The molecule has 2 N–H and O–H groups in total. The molecule has 1 aliphatic heterocycles. The lowest BCUT2D eigenvalue weighted by molar-refractivity contribution is -0.126. The first-order chi connectivity index (χ1) is 12.1. The molecule has 1 aromatic carbocycles. The second kappa shape index (κ2) is 7.78. The number of carbonyl (C=O) groups excluding carboxylic acids is 1. The van der Waals surface area contributed by atoms with Crippen molar-refractivity contribution in [3.8, 4) is 11.4 Å². The molecule has 1 amide bonds. The molecular formula is C19H27N5O. The number of H-pyrrole nitrogens is 1. The summed E-state index contributed by atoms with van der Waals surface area (Å²) >= 11 is 0. The first kappa shape index (κ1) is 17.6. The van der Waals surface area contributed by atoms with Crippen molar-refractivity contribution in [3.63, 3.8) is 0 Å². The van der Waals surface area contributed by atoms with Gasteiger partial charge in [0.25, 0.3) is 0 Å². The SMILES string of the molecule is C[C@@H]1CC[C@H](C)N1[C@@H](C)C(=O)NCCc1nc(-c2ccccc2)n[nH]1. The molecule has 0 saturated carbocycles. The van der Waals surface area contributed by atoms with Crippen LogP contribution in [0.2, 0.25) is 0 Å². The average Bonchev–Trinajstić information content (AvgIpc) is 3.22. The molecule has 134 valence electrons. The molecule has 0 aliphatic carbocycles. The largest absolute Gasteiger partial charge is 0.354 e. The zero-order valence-electron chi connectivity index (χ0n) is 15.2. The Morgan fingerprint density at radius 3 is 2.64 bits per heavy atom. The smallest absolute Gasteiger partial charge is 0.237 e. The third kappa shape index (κ3) is 4.07. The normalized spacial score (nSPS) is 22.0. The van der Waals surface area contributed by atoms with Gasteiger partial charge < -0.3 is 5.32 Å². The van der Waals surface area contributed by atoms with Crippen LogP contribution in [0.15, 0.2) is 30.3 Å². The number of aromatic amines is 1. The number of amides is 1. The Labute approximate surface area is 149 Å². The topological polar surface area (TPSA) is 73.9 Å². The number of rotatable bonds is 6. The molecular weight excluding hydrogens is 314 g/mol. The summed E-state index contributed by atoms with van der Waals surface area (Å²) in [6.45, 7) is 6.96. The lowest BCUT2D eigenvalue weighted by Crippen LogP contribution is -2.49. The number of hydrogen-bond donors (Lipinski definition) is 2. The van der Waals surface area contributed by atoms with Crippen LogP contribution in [0.4, 0.5) is 0 Å². The van der Waals surface area contributed by atoms with Gasteiger partial charge in [-0.3, -0.25) is 14.8 Å². The quantitative estimate of drug-likeness (QED) is 0.846. The molecule has 2 heterocycles. The van der Waals surface area contributed by atoms with Crippen LogP contribution >= 0.6 is 0 Å². The average molecular weight is 341 g/mol. The zero-order chi connectivity index (χ0) is 17.8. The van der Waals surface area contributed by atoms with E-state index in [-0.39, 0.29) is 11.9 Å². The van der Waals surface area contributed by atoms with Gasteiger partial charge in [0.1, 0.15) is 5.82 Å². The van der Waals surface area contributed by atoms with E-state index in [9.17, 15) is 4.79 Å². The van der Waals surface area contributed by atoms with Gasteiger partial charge in [0.05, 0.1) is 6.04 Å². The van der Waals surface area contributed by atoms with Crippen LogP contribution < -0.4 is 5.32 Å². The molecule has 2 aromatic rings. The molecule has 0 unspecified atom stereocenters. The summed E-state index contributed by atoms with van der Waals surface area (Å²) in [5, 5.41) is 10.2. The number of nitrogens with one attached hydrogen (secondary N) is 2. The number of nitrogens with zero attached hydrogens (tertiary/aromatic N) is 3. The molecule has 3 rings (SSSR count). The maximum atomic E-state index is 12.4. The Kier molecular flexibility index (Phi) is 5.48. The standard InChI is InChI=1S/C19H27N5O/c1-13-9-10-14(2)24(13)15(3)19(25)20-12-11-17-21-18(23-22-17)16-7-5-4-6-8-16/h4-8,13-15H,9-12H2,1-3H3,(H,20,25)(H,21,22,23)/t13-,14+,15-/m0/s1. The van der Waals surface area contributed by atoms with Crippen LogP contribution in [0.1, 0.15) is 39.4 Å². The van der Waals surface area contributed by atoms with Crippen LogP contribution in [0.5, 0.6) is 0 Å². The van der Waals surface area contributed by atoms with E-state index >= 15 is 0 Å². The van der Waals surface area contributed by atoms with Crippen molar-refractivity contribution in [1.82, 2.24) is 25.4 Å². The van der Waals surface area contributed by atoms with Gasteiger partial charge >= 0.3 is 0 Å². The summed E-state index contributed by atoms with van der Waals surface area (Å²) in [5.74, 6) is 1.56. The van der Waals surface area contributed by atoms with Crippen molar-refractivity contribution in [2.24, 2.45) is 0 Å². The van der Waals surface area contributed by atoms with Crippen LogP contribution in [0, 0.1) is 0 Å². The number of aromatic nitrogens is 3. The minimum atomic E-state index is -0.0953. The van der Waals surface area contributed by atoms with Gasteiger partial charge in [0.15, 0.2) is 5.82 Å². The van der Waals surface area contributed by atoms with Gasteiger partial charge in [-0.2, -0.15) is 5.10 Å². The predicted octanol–water partition coefficient (Wildman–Crippen LogP) is 2.39. The third-order valence-corrected chi connectivity index (χ3v) is 5.07. The van der Waals surface area contributed by atoms with E-state index in [1.807, 2.05) is 37.3 Å². The third-order valence-electron chi connectivity index (χ3n) is 5.07. The summed E-state index contributed by atoms with van der Waals surface area (Å²) in [6, 6.07) is 10.7. The summed E-state index contributed by atoms with van der Waals surface area (Å²) in [6.07, 6.45) is 2.97. The monoisotopic (exact) mass is 341 g/mol. The Hall–Kier alpha value is -2.21. The predicted molar refractivity (Wildman–Crippen MR) is 98.0 cm³/mol. The van der Waals surface area contributed by atoms with Crippen molar-refractivity contribution in [2.75, 3.05) is 6.54 Å². The number of carbonyl (C=O) groups is 1. The number of benzene rings is 1. The molecule has 0 spiro atoms. The Bertz CT molecular complexity index is 689. The Morgan fingerprint density at radius 1 is 1.28 bits per heavy atom. The van der Waals surface area contributed by atoms with E-state index in [4.69, 9.17) is 0 Å². The van der Waals surface area contributed by atoms with Gasteiger partial charge in [-0.05, 0) is 33.6 Å². The molecule has 3 atom stereocenters. The van der Waals surface area contributed by atoms with Gasteiger partial charge in [-0.25, -0.2) is 4.98 Å². The van der Waals surface area contributed by atoms with Crippen LogP contribution in [0.25, 0.3) is 11.4 Å². The van der Waals surface area contributed by atoms with Gasteiger partial charge in [0.2, 0.25) is 5.91 Å². The molecule has 0 bridgehead atoms. The molecule has 6 heteroatoms. The lowest BCUT2D eigenvalue weighted by atomic mass is 10.2. The van der Waals surface area contributed by atoms with Crippen molar-refractivity contribution >= 4 is 5.91 Å². The van der Waals surface area contributed by atoms with Gasteiger partial charge in [0, 0.05) is 30.6 Å². The van der Waals surface area contributed by atoms with Gasteiger partial charge in [-0.15, -0.1) is 0 Å². The van der Waals surface area contributed by atoms with Crippen LogP contribution in [-0.2, 0) is 11.2 Å². The highest BCUT2D eigenvalue weighted by molar-refractivity contribution is 5.81. The van der Waals surface area contributed by atoms with E-state index in [0.717, 1.165) is 11.4 Å². The van der Waals surface area contributed by atoms with E-state index < -0.39 is 0 Å². The number of likely N-dealkylation sites (tertiary alicyclic amines) is 1.